The van der Waals surface area contributed by atoms with E-state index in [-0.39, 0.29) is 10.8 Å². The summed E-state index contributed by atoms with van der Waals surface area (Å²) >= 11 is 6.01. The first-order valence-corrected chi connectivity index (χ1v) is 10.4. The van der Waals surface area contributed by atoms with Gasteiger partial charge in [0, 0.05) is 16.3 Å². The molecule has 0 bridgehead atoms. The maximum Gasteiger partial charge on any atom is 0.261 e. The van der Waals surface area contributed by atoms with E-state index in [0.717, 1.165) is 5.56 Å². The van der Waals surface area contributed by atoms with Crippen molar-refractivity contribution in [3.8, 4) is 0 Å². The van der Waals surface area contributed by atoms with Crippen LogP contribution in [0.4, 0.5) is 11.4 Å². The van der Waals surface area contributed by atoms with Gasteiger partial charge in [0.15, 0.2) is 0 Å². The molecule has 0 saturated heterocycles. The highest BCUT2D eigenvalue weighted by Gasteiger charge is 2.18. The molecule has 0 aromatic heterocycles. The number of carbonyl (C=O) groups excluding carboxylic acids is 1. The summed E-state index contributed by atoms with van der Waals surface area (Å²) in [6.07, 6.45) is 0. The van der Waals surface area contributed by atoms with Crippen LogP contribution in [0.2, 0.25) is 5.02 Å². The second-order valence-corrected chi connectivity index (χ2v) is 8.43. The molecule has 3 rings (SSSR count). The minimum Gasteiger partial charge on any atom is -0.322 e. The van der Waals surface area contributed by atoms with Crippen molar-refractivity contribution in [3.05, 3.63) is 88.4 Å². The quantitative estimate of drug-likeness (QED) is 0.616. The van der Waals surface area contributed by atoms with Crippen LogP contribution in [0.1, 0.15) is 21.5 Å². The Morgan fingerprint density at radius 3 is 2.32 bits per heavy atom. The Kier molecular flexibility index (Phi) is 5.72. The molecule has 0 aliphatic heterocycles. The minimum atomic E-state index is -3.75. The Hall–Kier alpha value is -2.83. The van der Waals surface area contributed by atoms with Gasteiger partial charge < -0.3 is 5.32 Å². The molecule has 144 valence electrons. The number of hydrogen-bond donors (Lipinski definition) is 2. The zero-order valence-corrected chi connectivity index (χ0v) is 16.9. The average molecular weight is 415 g/mol. The first-order valence-electron chi connectivity index (χ1n) is 8.53. The zero-order valence-electron chi connectivity index (χ0n) is 15.4. The first-order chi connectivity index (χ1) is 13.3. The van der Waals surface area contributed by atoms with Crippen molar-refractivity contribution >= 4 is 38.9 Å². The van der Waals surface area contributed by atoms with Crippen LogP contribution in [0.3, 0.4) is 0 Å². The van der Waals surface area contributed by atoms with E-state index in [1.165, 1.54) is 12.1 Å². The summed E-state index contributed by atoms with van der Waals surface area (Å²) in [5, 5.41) is 3.35. The monoisotopic (exact) mass is 414 g/mol. The van der Waals surface area contributed by atoms with Crippen LogP contribution in [0, 0.1) is 13.8 Å². The zero-order chi connectivity index (χ0) is 20.3. The van der Waals surface area contributed by atoms with Crippen molar-refractivity contribution in [3.63, 3.8) is 0 Å². The highest BCUT2D eigenvalue weighted by Crippen LogP contribution is 2.25. The molecule has 0 unspecified atom stereocenters. The molecule has 0 atom stereocenters. The molecular weight excluding hydrogens is 396 g/mol. The molecule has 7 heteroatoms. The molecule has 1 amide bonds. The lowest BCUT2D eigenvalue weighted by Gasteiger charge is -2.14. The lowest BCUT2D eigenvalue weighted by Crippen LogP contribution is -2.17. The van der Waals surface area contributed by atoms with Crippen LogP contribution in [0.5, 0.6) is 0 Å². The Morgan fingerprint density at radius 1 is 0.893 bits per heavy atom. The van der Waals surface area contributed by atoms with Gasteiger partial charge in [-0.25, -0.2) is 8.42 Å². The van der Waals surface area contributed by atoms with Crippen molar-refractivity contribution < 1.29 is 13.2 Å². The lowest BCUT2D eigenvalue weighted by molar-refractivity contribution is 0.102. The van der Waals surface area contributed by atoms with Crippen molar-refractivity contribution in [2.24, 2.45) is 0 Å². The average Bonchev–Trinajstić information content (AvgIpc) is 2.67. The molecule has 3 aromatic carbocycles. The molecule has 0 fully saturated rings. The van der Waals surface area contributed by atoms with Gasteiger partial charge >= 0.3 is 0 Å². The molecule has 0 spiro atoms. The first kappa shape index (κ1) is 19.9. The lowest BCUT2D eigenvalue weighted by atomic mass is 10.1. The van der Waals surface area contributed by atoms with Gasteiger partial charge in [0.05, 0.1) is 10.6 Å². The van der Waals surface area contributed by atoms with Gasteiger partial charge in [0.25, 0.3) is 15.9 Å². The number of amides is 1. The number of nitrogens with one attached hydrogen (secondary N) is 2. The van der Waals surface area contributed by atoms with Crippen LogP contribution >= 0.6 is 11.6 Å². The molecule has 0 heterocycles. The maximum atomic E-state index is 12.8. The number of aryl methyl sites for hydroxylation is 1. The molecule has 2 N–H and O–H groups in total. The van der Waals surface area contributed by atoms with Crippen LogP contribution < -0.4 is 10.0 Å². The van der Waals surface area contributed by atoms with E-state index in [0.29, 0.717) is 27.5 Å². The van der Waals surface area contributed by atoms with E-state index in [1.807, 2.05) is 13.0 Å². The predicted octanol–water partition coefficient (Wildman–Crippen LogP) is 5.01. The molecule has 28 heavy (non-hydrogen) atoms. The molecule has 0 radical (unpaired) electrons. The predicted molar refractivity (Wildman–Crippen MR) is 113 cm³/mol. The summed E-state index contributed by atoms with van der Waals surface area (Å²) < 4.78 is 27.7. The highest BCUT2D eigenvalue weighted by molar-refractivity contribution is 7.92. The third kappa shape index (κ3) is 4.35. The molecular formula is C21H19ClN2O3S. The fourth-order valence-corrected chi connectivity index (χ4v) is 4.03. The van der Waals surface area contributed by atoms with Crippen molar-refractivity contribution in [1.29, 1.82) is 0 Å². The second kappa shape index (κ2) is 8.04. The third-order valence-electron chi connectivity index (χ3n) is 4.32. The van der Waals surface area contributed by atoms with Gasteiger partial charge in [-0.2, -0.15) is 0 Å². The summed E-state index contributed by atoms with van der Waals surface area (Å²) in [6.45, 7) is 3.56. The Labute approximate surface area is 169 Å². The van der Waals surface area contributed by atoms with Gasteiger partial charge in [-0.15, -0.1) is 0 Å². The Balaban J connectivity index is 1.89. The smallest absolute Gasteiger partial charge is 0.261 e. The van der Waals surface area contributed by atoms with Crippen LogP contribution in [-0.4, -0.2) is 14.3 Å². The van der Waals surface area contributed by atoms with Gasteiger partial charge in [-0.05, 0) is 61.4 Å². The van der Waals surface area contributed by atoms with Crippen LogP contribution in [0.25, 0.3) is 0 Å². The largest absolute Gasteiger partial charge is 0.322 e. The van der Waals surface area contributed by atoms with Gasteiger partial charge in [-0.1, -0.05) is 41.9 Å². The number of sulfonamides is 1. The Morgan fingerprint density at radius 2 is 1.61 bits per heavy atom. The topological polar surface area (TPSA) is 75.3 Å². The number of anilines is 2. The van der Waals surface area contributed by atoms with Crippen LogP contribution in [0.15, 0.2) is 71.6 Å². The van der Waals surface area contributed by atoms with E-state index in [9.17, 15) is 13.2 Å². The number of carbonyl (C=O) groups is 1. The molecule has 0 aliphatic carbocycles. The van der Waals surface area contributed by atoms with Crippen molar-refractivity contribution in [2.45, 2.75) is 18.7 Å². The van der Waals surface area contributed by atoms with Gasteiger partial charge in [-0.3, -0.25) is 9.52 Å². The van der Waals surface area contributed by atoms with Crippen molar-refractivity contribution in [1.82, 2.24) is 0 Å². The standard InChI is InChI=1S/C21H19ClN2O3S/c1-14-11-12-16(22)13-20(14)23-21(25)18-9-6-10-19(15(18)2)24-28(26,27)17-7-4-3-5-8-17/h3-13,24H,1-2H3,(H,23,25). The molecule has 5 nitrogen and oxygen atoms in total. The third-order valence-corrected chi connectivity index (χ3v) is 5.94. The SMILES string of the molecule is Cc1ccc(Cl)cc1NC(=O)c1cccc(NS(=O)(=O)c2ccccc2)c1C. The Bertz CT molecular complexity index is 1130. The summed E-state index contributed by atoms with van der Waals surface area (Å²) in [7, 11) is -3.75. The van der Waals surface area contributed by atoms with E-state index < -0.39 is 10.0 Å². The maximum absolute atomic E-state index is 12.8. The second-order valence-electron chi connectivity index (χ2n) is 6.31. The summed E-state index contributed by atoms with van der Waals surface area (Å²) in [5.74, 6) is -0.344. The van der Waals surface area contributed by atoms with Gasteiger partial charge in [0.2, 0.25) is 0 Å². The minimum absolute atomic E-state index is 0.152. The number of hydrogen-bond acceptors (Lipinski definition) is 3. The molecule has 0 saturated carbocycles. The summed E-state index contributed by atoms with van der Waals surface area (Å²) in [6, 6.07) is 18.2. The van der Waals surface area contributed by atoms with Crippen molar-refractivity contribution in [2.75, 3.05) is 10.0 Å². The fraction of sp³-hybridized carbons (Fsp3) is 0.0952. The van der Waals surface area contributed by atoms with Gasteiger partial charge in [0.1, 0.15) is 0 Å². The molecule has 3 aromatic rings. The number of benzene rings is 3. The normalized spacial score (nSPS) is 11.1. The van der Waals surface area contributed by atoms with E-state index >= 15 is 0 Å². The summed E-state index contributed by atoms with van der Waals surface area (Å²) in [5.41, 5.74) is 2.72. The van der Waals surface area contributed by atoms with Crippen LogP contribution in [-0.2, 0) is 10.0 Å². The fourth-order valence-electron chi connectivity index (χ4n) is 2.71. The summed E-state index contributed by atoms with van der Waals surface area (Å²) in [4.78, 5) is 12.9. The number of rotatable bonds is 5. The molecule has 0 aliphatic rings. The number of halogens is 1. The van der Waals surface area contributed by atoms with E-state index in [1.54, 1.807) is 55.5 Å². The van der Waals surface area contributed by atoms with E-state index in [4.69, 9.17) is 11.6 Å². The highest BCUT2D eigenvalue weighted by atomic mass is 35.5. The van der Waals surface area contributed by atoms with E-state index in [2.05, 4.69) is 10.0 Å².